The Kier molecular flexibility index (Phi) is 7.10. The SMILES string of the molecule is CNC(=O)c1cc(C#N)cc(C)c1NC(=O)c1cc(Cn2nnc3cc(Br)ccc32)nn1-c1ncccc1Cl. The molecule has 0 bridgehead atoms. The highest BCUT2D eigenvalue weighted by molar-refractivity contribution is 9.10. The standard InChI is InChI=1S/C26H19BrClN9O2/c1-14-8-15(12-29)9-18(25(38)30-2)23(14)32-26(39)22-11-17(34-37(22)24-19(28)4-3-7-31-24)13-36-21-6-5-16(27)10-20(21)33-35-36/h3-11H,13H2,1-2H3,(H,30,38)(H,32,39). The van der Waals surface area contributed by atoms with Crippen molar-refractivity contribution in [2.75, 3.05) is 12.4 Å². The molecule has 3 heterocycles. The van der Waals surface area contributed by atoms with Crippen LogP contribution in [0.3, 0.4) is 0 Å². The van der Waals surface area contributed by atoms with E-state index in [0.717, 1.165) is 9.99 Å². The van der Waals surface area contributed by atoms with E-state index in [2.05, 4.69) is 47.0 Å². The molecule has 0 radical (unpaired) electrons. The molecule has 13 heteroatoms. The number of aromatic nitrogens is 6. The van der Waals surface area contributed by atoms with Gasteiger partial charge in [-0.15, -0.1) is 5.10 Å². The molecule has 5 aromatic rings. The summed E-state index contributed by atoms with van der Waals surface area (Å²) >= 11 is 9.85. The number of amides is 2. The van der Waals surface area contributed by atoms with Crippen molar-refractivity contribution in [1.29, 1.82) is 5.26 Å². The fourth-order valence-corrected chi connectivity index (χ4v) is 4.64. The van der Waals surface area contributed by atoms with E-state index < -0.39 is 11.8 Å². The minimum atomic E-state index is -0.555. The van der Waals surface area contributed by atoms with Crippen molar-refractivity contribution in [3.63, 3.8) is 0 Å². The van der Waals surface area contributed by atoms with E-state index in [-0.39, 0.29) is 34.3 Å². The largest absolute Gasteiger partial charge is 0.355 e. The zero-order valence-corrected chi connectivity index (χ0v) is 22.9. The molecule has 0 aliphatic rings. The van der Waals surface area contributed by atoms with Crippen LogP contribution in [-0.4, -0.2) is 48.6 Å². The van der Waals surface area contributed by atoms with Gasteiger partial charge < -0.3 is 10.6 Å². The molecular formula is C26H19BrClN9O2. The number of fused-ring (bicyclic) bond motifs is 1. The molecule has 11 nitrogen and oxygen atoms in total. The number of aryl methyl sites for hydroxylation is 1. The number of nitrogens with one attached hydrogen (secondary N) is 2. The van der Waals surface area contributed by atoms with Crippen molar-refractivity contribution in [1.82, 2.24) is 35.1 Å². The van der Waals surface area contributed by atoms with Crippen LogP contribution in [0.4, 0.5) is 5.69 Å². The molecule has 0 spiro atoms. The Morgan fingerprint density at radius 3 is 2.72 bits per heavy atom. The highest BCUT2D eigenvalue weighted by atomic mass is 79.9. The summed E-state index contributed by atoms with van der Waals surface area (Å²) in [6.07, 6.45) is 1.54. The van der Waals surface area contributed by atoms with Gasteiger partial charge in [0.1, 0.15) is 11.2 Å². The van der Waals surface area contributed by atoms with Crippen molar-refractivity contribution in [3.8, 4) is 11.9 Å². The van der Waals surface area contributed by atoms with Gasteiger partial charge in [-0.25, -0.2) is 14.3 Å². The Morgan fingerprint density at radius 2 is 1.97 bits per heavy atom. The van der Waals surface area contributed by atoms with Crippen LogP contribution < -0.4 is 10.6 Å². The Labute approximate surface area is 235 Å². The number of hydrogen-bond acceptors (Lipinski definition) is 7. The number of carbonyl (C=O) groups is 2. The molecule has 0 fully saturated rings. The lowest BCUT2D eigenvalue weighted by Gasteiger charge is -2.14. The van der Waals surface area contributed by atoms with E-state index in [0.29, 0.717) is 22.3 Å². The van der Waals surface area contributed by atoms with Crippen molar-refractivity contribution < 1.29 is 9.59 Å². The third-order valence-electron chi connectivity index (χ3n) is 5.89. The van der Waals surface area contributed by atoms with Gasteiger partial charge in [-0.2, -0.15) is 10.4 Å². The zero-order chi connectivity index (χ0) is 27.7. The van der Waals surface area contributed by atoms with Gasteiger partial charge in [0.25, 0.3) is 11.8 Å². The fraction of sp³-hybridized carbons (Fsp3) is 0.115. The first-order valence-corrected chi connectivity index (χ1v) is 12.7. The normalized spacial score (nSPS) is 10.8. The summed E-state index contributed by atoms with van der Waals surface area (Å²) in [5.74, 6) is -0.746. The van der Waals surface area contributed by atoms with Crippen molar-refractivity contribution in [2.45, 2.75) is 13.5 Å². The maximum Gasteiger partial charge on any atom is 0.274 e. The molecule has 0 atom stereocenters. The van der Waals surface area contributed by atoms with Gasteiger partial charge in [-0.05, 0) is 61.0 Å². The number of hydrogen-bond donors (Lipinski definition) is 2. The average molecular weight is 605 g/mol. The number of carbonyl (C=O) groups excluding carboxylic acids is 2. The molecule has 2 N–H and O–H groups in total. The van der Waals surface area contributed by atoms with Gasteiger partial charge in [0, 0.05) is 17.7 Å². The second-order valence-corrected chi connectivity index (χ2v) is 9.81. The summed E-state index contributed by atoms with van der Waals surface area (Å²) < 4.78 is 3.90. The minimum Gasteiger partial charge on any atom is -0.355 e. The molecule has 0 saturated carbocycles. The highest BCUT2D eigenvalue weighted by Gasteiger charge is 2.23. The molecule has 5 rings (SSSR count). The molecular weight excluding hydrogens is 586 g/mol. The van der Waals surface area contributed by atoms with Gasteiger partial charge in [-0.3, -0.25) is 9.59 Å². The Bertz CT molecular complexity index is 1810. The Hall–Kier alpha value is -4.60. The van der Waals surface area contributed by atoms with Gasteiger partial charge >= 0.3 is 0 Å². The predicted molar refractivity (Wildman–Crippen MR) is 148 cm³/mol. The number of pyridine rings is 1. The van der Waals surface area contributed by atoms with Gasteiger partial charge in [0.15, 0.2) is 5.82 Å². The van der Waals surface area contributed by atoms with Crippen LogP contribution in [0.2, 0.25) is 5.02 Å². The predicted octanol–water partition coefficient (Wildman–Crippen LogP) is 4.27. The van der Waals surface area contributed by atoms with Gasteiger partial charge in [0.2, 0.25) is 0 Å². The number of rotatable bonds is 6. The second kappa shape index (κ2) is 10.6. The number of nitriles is 1. The smallest absolute Gasteiger partial charge is 0.274 e. The van der Waals surface area contributed by atoms with Gasteiger partial charge in [-0.1, -0.05) is 32.7 Å². The molecule has 2 aromatic carbocycles. The summed E-state index contributed by atoms with van der Waals surface area (Å²) in [4.78, 5) is 30.6. The zero-order valence-electron chi connectivity index (χ0n) is 20.6. The van der Waals surface area contributed by atoms with Crippen LogP contribution in [-0.2, 0) is 6.54 Å². The van der Waals surface area contributed by atoms with Crippen LogP contribution in [0, 0.1) is 18.3 Å². The maximum atomic E-state index is 13.7. The Morgan fingerprint density at radius 1 is 1.15 bits per heavy atom. The third-order valence-corrected chi connectivity index (χ3v) is 6.68. The van der Waals surface area contributed by atoms with Crippen LogP contribution in [0.5, 0.6) is 0 Å². The molecule has 194 valence electrons. The lowest BCUT2D eigenvalue weighted by molar-refractivity contribution is 0.0964. The maximum absolute atomic E-state index is 13.7. The topological polar surface area (TPSA) is 143 Å². The van der Waals surface area contributed by atoms with Crippen LogP contribution >= 0.6 is 27.5 Å². The number of benzene rings is 2. The number of anilines is 1. The molecule has 0 aliphatic heterocycles. The van der Waals surface area contributed by atoms with E-state index in [1.54, 1.807) is 42.1 Å². The molecule has 39 heavy (non-hydrogen) atoms. The average Bonchev–Trinajstić information content (AvgIpc) is 3.53. The lowest BCUT2D eigenvalue weighted by Crippen LogP contribution is -2.24. The van der Waals surface area contributed by atoms with Crippen molar-refractivity contribution in [3.05, 3.63) is 92.3 Å². The second-order valence-electron chi connectivity index (χ2n) is 8.48. The van der Waals surface area contributed by atoms with Crippen molar-refractivity contribution in [2.24, 2.45) is 0 Å². The van der Waals surface area contributed by atoms with E-state index in [4.69, 9.17) is 11.6 Å². The van der Waals surface area contributed by atoms with Crippen LogP contribution in [0.25, 0.3) is 16.9 Å². The molecule has 0 aliphatic carbocycles. The van der Waals surface area contributed by atoms with E-state index in [1.165, 1.54) is 17.8 Å². The molecule has 0 saturated heterocycles. The molecule has 2 amide bonds. The van der Waals surface area contributed by atoms with E-state index in [9.17, 15) is 14.9 Å². The van der Waals surface area contributed by atoms with Crippen molar-refractivity contribution >= 4 is 56.1 Å². The summed E-state index contributed by atoms with van der Waals surface area (Å²) in [7, 11) is 1.47. The minimum absolute atomic E-state index is 0.129. The first kappa shape index (κ1) is 26.0. The first-order chi connectivity index (χ1) is 18.8. The van der Waals surface area contributed by atoms with Gasteiger partial charge in [0.05, 0.1) is 45.7 Å². The first-order valence-electron chi connectivity index (χ1n) is 11.6. The molecule has 0 unspecified atom stereocenters. The van der Waals surface area contributed by atoms with Crippen LogP contribution in [0.1, 0.15) is 37.7 Å². The fourth-order valence-electron chi connectivity index (χ4n) is 4.09. The number of halogens is 2. The number of nitrogens with zero attached hydrogens (tertiary/aromatic N) is 7. The summed E-state index contributed by atoms with van der Waals surface area (Å²) in [5, 5.41) is 28.0. The summed E-state index contributed by atoms with van der Waals surface area (Å²) in [6, 6.07) is 15.6. The quantitative estimate of drug-likeness (QED) is 0.295. The summed E-state index contributed by atoms with van der Waals surface area (Å²) in [5.41, 5.74) is 3.39. The van der Waals surface area contributed by atoms with E-state index in [1.807, 2.05) is 24.3 Å². The Balaban J connectivity index is 1.57. The van der Waals surface area contributed by atoms with E-state index >= 15 is 0 Å². The summed E-state index contributed by atoms with van der Waals surface area (Å²) in [6.45, 7) is 1.92. The molecule has 3 aromatic heterocycles. The highest BCUT2D eigenvalue weighted by Crippen LogP contribution is 2.26. The van der Waals surface area contributed by atoms with Crippen LogP contribution in [0.15, 0.2) is 59.2 Å². The monoisotopic (exact) mass is 603 g/mol. The third kappa shape index (κ3) is 5.09. The lowest BCUT2D eigenvalue weighted by atomic mass is 10.0.